The maximum Gasteiger partial charge on any atom is 0.141 e. The SMILES string of the molecule is Cc1nn(CCOC(C)C#N)cc1N. The number of anilines is 1. The Morgan fingerprint density at radius 1 is 1.79 bits per heavy atom. The minimum atomic E-state index is -0.371. The maximum absolute atomic E-state index is 8.46. The number of nitrogens with two attached hydrogens (primary N) is 1. The summed E-state index contributed by atoms with van der Waals surface area (Å²) in [6, 6.07) is 1.99. The smallest absolute Gasteiger partial charge is 0.141 e. The van der Waals surface area contributed by atoms with Crippen LogP contribution in [0, 0.1) is 18.3 Å². The number of rotatable bonds is 4. The van der Waals surface area contributed by atoms with Crippen LogP contribution in [-0.2, 0) is 11.3 Å². The van der Waals surface area contributed by atoms with Crippen LogP contribution < -0.4 is 5.73 Å². The first-order chi connectivity index (χ1) is 6.63. The number of nitriles is 1. The average molecular weight is 194 g/mol. The predicted molar refractivity (Wildman–Crippen MR) is 52.4 cm³/mol. The molecule has 1 rings (SSSR count). The van der Waals surface area contributed by atoms with Crippen molar-refractivity contribution in [2.75, 3.05) is 12.3 Å². The molecule has 5 heteroatoms. The zero-order valence-electron chi connectivity index (χ0n) is 8.40. The van der Waals surface area contributed by atoms with E-state index in [4.69, 9.17) is 15.7 Å². The molecule has 0 aliphatic carbocycles. The van der Waals surface area contributed by atoms with Gasteiger partial charge in [-0.3, -0.25) is 4.68 Å². The van der Waals surface area contributed by atoms with Crippen LogP contribution in [-0.4, -0.2) is 22.5 Å². The number of nitrogens with zero attached hydrogens (tertiary/aromatic N) is 3. The van der Waals surface area contributed by atoms with Crippen LogP contribution in [0.1, 0.15) is 12.6 Å². The van der Waals surface area contributed by atoms with Gasteiger partial charge in [0.15, 0.2) is 0 Å². The Bertz CT molecular complexity index is 320. The Morgan fingerprint density at radius 3 is 3.00 bits per heavy atom. The van der Waals surface area contributed by atoms with E-state index in [9.17, 15) is 0 Å². The van der Waals surface area contributed by atoms with Crippen molar-refractivity contribution >= 4 is 5.69 Å². The highest BCUT2D eigenvalue weighted by molar-refractivity contribution is 5.39. The highest BCUT2D eigenvalue weighted by Gasteiger charge is 2.02. The molecule has 0 radical (unpaired) electrons. The summed E-state index contributed by atoms with van der Waals surface area (Å²) >= 11 is 0. The first-order valence-electron chi connectivity index (χ1n) is 4.44. The van der Waals surface area contributed by atoms with Crippen LogP contribution in [0.5, 0.6) is 0 Å². The zero-order chi connectivity index (χ0) is 10.6. The molecule has 0 aliphatic heterocycles. The van der Waals surface area contributed by atoms with Gasteiger partial charge < -0.3 is 10.5 Å². The molecule has 2 N–H and O–H groups in total. The molecule has 0 aromatic carbocycles. The zero-order valence-corrected chi connectivity index (χ0v) is 8.40. The third kappa shape index (κ3) is 2.75. The summed E-state index contributed by atoms with van der Waals surface area (Å²) in [7, 11) is 0. The van der Waals surface area contributed by atoms with Crippen LogP contribution in [0.25, 0.3) is 0 Å². The average Bonchev–Trinajstić information content (AvgIpc) is 2.46. The Hall–Kier alpha value is -1.54. The number of ether oxygens (including phenoxy) is 1. The fourth-order valence-electron chi connectivity index (χ4n) is 1.01. The fourth-order valence-corrected chi connectivity index (χ4v) is 1.01. The van der Waals surface area contributed by atoms with Crippen molar-refractivity contribution in [2.24, 2.45) is 0 Å². The maximum atomic E-state index is 8.46. The van der Waals surface area contributed by atoms with Gasteiger partial charge in [0.25, 0.3) is 0 Å². The van der Waals surface area contributed by atoms with Gasteiger partial charge in [0, 0.05) is 6.20 Å². The van der Waals surface area contributed by atoms with E-state index >= 15 is 0 Å². The Kier molecular flexibility index (Phi) is 3.48. The van der Waals surface area contributed by atoms with E-state index in [2.05, 4.69) is 5.10 Å². The molecule has 0 spiro atoms. The molecule has 1 heterocycles. The minimum Gasteiger partial charge on any atom is -0.396 e. The Morgan fingerprint density at radius 2 is 2.50 bits per heavy atom. The molecular formula is C9H14N4O. The van der Waals surface area contributed by atoms with E-state index in [0.717, 1.165) is 5.69 Å². The van der Waals surface area contributed by atoms with Gasteiger partial charge in [-0.15, -0.1) is 0 Å². The lowest BCUT2D eigenvalue weighted by Gasteiger charge is -2.04. The van der Waals surface area contributed by atoms with Gasteiger partial charge in [-0.2, -0.15) is 10.4 Å². The monoisotopic (exact) mass is 194 g/mol. The van der Waals surface area contributed by atoms with Gasteiger partial charge in [0.1, 0.15) is 6.10 Å². The van der Waals surface area contributed by atoms with Crippen molar-refractivity contribution in [3.8, 4) is 6.07 Å². The van der Waals surface area contributed by atoms with Gasteiger partial charge >= 0.3 is 0 Å². The lowest BCUT2D eigenvalue weighted by atomic mass is 10.4. The summed E-state index contributed by atoms with van der Waals surface area (Å²) in [5, 5.41) is 12.6. The van der Waals surface area contributed by atoms with Crippen LogP contribution in [0.15, 0.2) is 6.20 Å². The van der Waals surface area contributed by atoms with Crippen molar-refractivity contribution in [3.05, 3.63) is 11.9 Å². The number of nitrogen functional groups attached to an aromatic ring is 1. The molecule has 0 saturated carbocycles. The second-order valence-electron chi connectivity index (χ2n) is 3.08. The molecule has 1 atom stereocenters. The molecule has 0 aliphatic rings. The lowest BCUT2D eigenvalue weighted by Crippen LogP contribution is -2.12. The van der Waals surface area contributed by atoms with E-state index in [1.165, 1.54) is 0 Å². The van der Waals surface area contributed by atoms with Crippen molar-refractivity contribution < 1.29 is 4.74 Å². The summed E-state index contributed by atoms with van der Waals surface area (Å²) in [6.07, 6.45) is 1.39. The van der Waals surface area contributed by atoms with Gasteiger partial charge in [-0.25, -0.2) is 0 Å². The normalized spacial score (nSPS) is 12.4. The number of hydrogen-bond acceptors (Lipinski definition) is 4. The van der Waals surface area contributed by atoms with E-state index in [-0.39, 0.29) is 6.10 Å². The molecule has 1 aromatic rings. The summed E-state index contributed by atoms with van der Waals surface area (Å²) in [5.41, 5.74) is 7.12. The van der Waals surface area contributed by atoms with Crippen LogP contribution >= 0.6 is 0 Å². The van der Waals surface area contributed by atoms with Gasteiger partial charge in [0.2, 0.25) is 0 Å². The highest BCUT2D eigenvalue weighted by atomic mass is 16.5. The van der Waals surface area contributed by atoms with E-state index < -0.39 is 0 Å². The fraction of sp³-hybridized carbons (Fsp3) is 0.556. The minimum absolute atomic E-state index is 0.371. The van der Waals surface area contributed by atoms with Gasteiger partial charge in [-0.05, 0) is 13.8 Å². The first kappa shape index (κ1) is 10.5. The predicted octanol–water partition coefficient (Wildman–Crippen LogP) is 0.702. The van der Waals surface area contributed by atoms with Crippen LogP contribution in [0.2, 0.25) is 0 Å². The van der Waals surface area contributed by atoms with Crippen molar-refractivity contribution in [1.82, 2.24) is 9.78 Å². The third-order valence-corrected chi connectivity index (χ3v) is 1.85. The molecule has 1 unspecified atom stereocenters. The molecule has 76 valence electrons. The molecule has 0 saturated heterocycles. The van der Waals surface area contributed by atoms with Gasteiger partial charge in [0.05, 0.1) is 30.6 Å². The van der Waals surface area contributed by atoms with Crippen molar-refractivity contribution in [1.29, 1.82) is 5.26 Å². The lowest BCUT2D eigenvalue weighted by molar-refractivity contribution is 0.0931. The van der Waals surface area contributed by atoms with E-state index in [1.807, 2.05) is 13.0 Å². The molecule has 1 aromatic heterocycles. The van der Waals surface area contributed by atoms with Gasteiger partial charge in [-0.1, -0.05) is 0 Å². The van der Waals surface area contributed by atoms with E-state index in [0.29, 0.717) is 18.8 Å². The number of hydrogen-bond donors (Lipinski definition) is 1. The quantitative estimate of drug-likeness (QED) is 0.765. The van der Waals surface area contributed by atoms with Crippen LogP contribution in [0.4, 0.5) is 5.69 Å². The summed E-state index contributed by atoms with van der Waals surface area (Å²) in [5.74, 6) is 0. The Labute approximate surface area is 83.1 Å². The second kappa shape index (κ2) is 4.63. The number of aryl methyl sites for hydroxylation is 1. The van der Waals surface area contributed by atoms with E-state index in [1.54, 1.807) is 17.8 Å². The van der Waals surface area contributed by atoms with Crippen molar-refractivity contribution in [3.63, 3.8) is 0 Å². The molecule has 14 heavy (non-hydrogen) atoms. The molecule has 0 fully saturated rings. The van der Waals surface area contributed by atoms with Crippen molar-refractivity contribution in [2.45, 2.75) is 26.5 Å². The highest BCUT2D eigenvalue weighted by Crippen LogP contribution is 2.06. The third-order valence-electron chi connectivity index (χ3n) is 1.85. The summed E-state index contributed by atoms with van der Waals surface area (Å²) in [4.78, 5) is 0. The summed E-state index contributed by atoms with van der Waals surface area (Å²) in [6.45, 7) is 4.65. The molecule has 0 amide bonds. The topological polar surface area (TPSA) is 76.9 Å². The molecule has 5 nitrogen and oxygen atoms in total. The molecule has 0 bridgehead atoms. The molecular weight excluding hydrogens is 180 g/mol. The first-order valence-corrected chi connectivity index (χ1v) is 4.44. The Balaban J connectivity index is 2.36. The number of aromatic nitrogens is 2. The largest absolute Gasteiger partial charge is 0.396 e. The standard InChI is InChI=1S/C9H14N4O/c1-7(5-10)14-4-3-13-6-9(11)8(2)12-13/h6-7H,3-4,11H2,1-2H3. The summed E-state index contributed by atoms with van der Waals surface area (Å²) < 4.78 is 6.90. The van der Waals surface area contributed by atoms with Crippen LogP contribution in [0.3, 0.4) is 0 Å². The second-order valence-corrected chi connectivity index (χ2v) is 3.08.